The minimum absolute atomic E-state index is 0.676. The van der Waals surface area contributed by atoms with Gasteiger partial charge in [0, 0.05) is 22.3 Å². The monoisotopic (exact) mass is 494 g/mol. The molecule has 2 aromatic rings. The second-order valence-electron chi connectivity index (χ2n) is 5.13. The molecular formula is C24H16Br2S. The highest BCUT2D eigenvalue weighted by molar-refractivity contribution is 9.09. The fourth-order valence-electron chi connectivity index (χ4n) is 2.05. The lowest BCUT2D eigenvalue weighted by Crippen LogP contribution is -1.81. The van der Waals surface area contributed by atoms with E-state index in [0.29, 0.717) is 10.7 Å². The highest BCUT2D eigenvalue weighted by Gasteiger charge is 1.90. The Hall–Kier alpha value is -2.01. The van der Waals surface area contributed by atoms with Crippen molar-refractivity contribution in [3.05, 3.63) is 70.8 Å². The molecule has 0 spiro atoms. The highest BCUT2D eigenvalue weighted by atomic mass is 79.9. The Morgan fingerprint density at radius 1 is 0.593 bits per heavy atom. The zero-order valence-corrected chi connectivity index (χ0v) is 18.6. The summed E-state index contributed by atoms with van der Waals surface area (Å²) >= 11 is 8.32. The molecular weight excluding hydrogens is 480 g/mol. The predicted octanol–water partition coefficient (Wildman–Crippen LogP) is 5.32. The first-order valence-electron chi connectivity index (χ1n) is 8.17. The number of benzene rings is 2. The van der Waals surface area contributed by atoms with Crippen molar-refractivity contribution in [2.45, 2.75) is 0 Å². The third-order valence-corrected chi connectivity index (χ3v) is 4.40. The van der Waals surface area contributed by atoms with Gasteiger partial charge in [-0.1, -0.05) is 91.4 Å². The third kappa shape index (κ3) is 8.96. The maximum absolute atomic E-state index is 3.30. The van der Waals surface area contributed by atoms with Gasteiger partial charge in [-0.25, -0.2) is 0 Å². The van der Waals surface area contributed by atoms with Crippen molar-refractivity contribution in [1.82, 2.24) is 0 Å². The topological polar surface area (TPSA) is 0 Å². The first kappa shape index (κ1) is 21.3. The Bertz CT molecular complexity index is 925. The van der Waals surface area contributed by atoms with E-state index in [4.69, 9.17) is 0 Å². The lowest BCUT2D eigenvalue weighted by atomic mass is 10.1. The van der Waals surface area contributed by atoms with E-state index in [9.17, 15) is 0 Å². The summed E-state index contributed by atoms with van der Waals surface area (Å²) < 4.78 is 0. The molecule has 0 saturated heterocycles. The zero-order chi connectivity index (χ0) is 19.2. The standard InChI is InChI=1S/C24H16Br2S/c25-15-3-11-21-7-1-9-23(19-21)13-5-17-27-18-6-14-24-10-2-8-22(20-24)12-4-16-26/h1-2,7-10,19-20H,15-18H2. The van der Waals surface area contributed by atoms with E-state index < -0.39 is 0 Å². The van der Waals surface area contributed by atoms with E-state index in [-0.39, 0.29) is 0 Å². The number of rotatable bonds is 2. The van der Waals surface area contributed by atoms with E-state index in [1.54, 1.807) is 11.8 Å². The number of hydrogen-bond donors (Lipinski definition) is 0. The van der Waals surface area contributed by atoms with E-state index in [1.807, 2.05) is 48.5 Å². The first-order chi connectivity index (χ1) is 13.3. The molecule has 0 atom stereocenters. The zero-order valence-electron chi connectivity index (χ0n) is 14.6. The first-order valence-corrected chi connectivity index (χ1v) is 11.6. The molecule has 2 rings (SSSR count). The number of hydrogen-bond acceptors (Lipinski definition) is 1. The van der Waals surface area contributed by atoms with Gasteiger partial charge in [-0.05, 0) is 36.4 Å². The minimum atomic E-state index is 0.676. The normalized spacial score (nSPS) is 8.67. The summed E-state index contributed by atoms with van der Waals surface area (Å²) in [4.78, 5) is 0. The summed E-state index contributed by atoms with van der Waals surface area (Å²) in [6, 6.07) is 16.0. The highest BCUT2D eigenvalue weighted by Crippen LogP contribution is 2.05. The van der Waals surface area contributed by atoms with Gasteiger partial charge in [0.05, 0.1) is 22.2 Å². The van der Waals surface area contributed by atoms with Gasteiger partial charge in [0.1, 0.15) is 0 Å². The fraction of sp³-hybridized carbons (Fsp3) is 0.167. The maximum Gasteiger partial charge on any atom is 0.0649 e. The molecule has 0 bridgehead atoms. The van der Waals surface area contributed by atoms with Crippen LogP contribution in [-0.4, -0.2) is 22.2 Å². The molecule has 0 saturated carbocycles. The van der Waals surface area contributed by atoms with Crippen molar-refractivity contribution in [2.24, 2.45) is 0 Å². The van der Waals surface area contributed by atoms with E-state index >= 15 is 0 Å². The Kier molecular flexibility index (Phi) is 10.4. The van der Waals surface area contributed by atoms with Crippen LogP contribution in [-0.2, 0) is 0 Å². The predicted molar refractivity (Wildman–Crippen MR) is 125 cm³/mol. The van der Waals surface area contributed by atoms with Crippen molar-refractivity contribution in [1.29, 1.82) is 0 Å². The van der Waals surface area contributed by atoms with Crippen LogP contribution in [0.3, 0.4) is 0 Å². The van der Waals surface area contributed by atoms with E-state index in [0.717, 1.165) is 33.8 Å². The Morgan fingerprint density at radius 2 is 0.963 bits per heavy atom. The van der Waals surface area contributed by atoms with Gasteiger partial charge in [0.25, 0.3) is 0 Å². The number of halogens is 2. The van der Waals surface area contributed by atoms with Gasteiger partial charge in [0.15, 0.2) is 0 Å². The van der Waals surface area contributed by atoms with Crippen LogP contribution in [0.15, 0.2) is 48.5 Å². The quantitative estimate of drug-likeness (QED) is 0.309. The third-order valence-electron chi connectivity index (χ3n) is 3.14. The second-order valence-corrected chi connectivity index (χ2v) is 7.24. The molecule has 0 heterocycles. The molecule has 0 fully saturated rings. The second kappa shape index (κ2) is 13.2. The van der Waals surface area contributed by atoms with Crippen LogP contribution in [0.1, 0.15) is 22.3 Å². The van der Waals surface area contributed by atoms with Crippen LogP contribution in [0.25, 0.3) is 0 Å². The fourth-order valence-corrected chi connectivity index (χ4v) is 2.78. The largest absolute Gasteiger partial charge is 0.136 e. The van der Waals surface area contributed by atoms with Crippen molar-refractivity contribution in [3.63, 3.8) is 0 Å². The number of thioether (sulfide) groups is 1. The van der Waals surface area contributed by atoms with Crippen LogP contribution >= 0.6 is 43.6 Å². The van der Waals surface area contributed by atoms with Crippen LogP contribution in [0, 0.1) is 47.4 Å². The summed E-state index contributed by atoms with van der Waals surface area (Å²) in [5.41, 5.74) is 3.96. The Morgan fingerprint density at radius 3 is 1.33 bits per heavy atom. The molecule has 27 heavy (non-hydrogen) atoms. The summed E-state index contributed by atoms with van der Waals surface area (Å²) in [7, 11) is 0. The summed E-state index contributed by atoms with van der Waals surface area (Å²) in [5, 5.41) is 1.35. The van der Waals surface area contributed by atoms with Gasteiger partial charge in [0.2, 0.25) is 0 Å². The molecule has 0 radical (unpaired) electrons. The lowest BCUT2D eigenvalue weighted by Gasteiger charge is -1.93. The molecule has 0 amide bonds. The molecule has 0 nitrogen and oxygen atoms in total. The number of alkyl halides is 2. The van der Waals surface area contributed by atoms with Crippen LogP contribution in [0.4, 0.5) is 0 Å². The van der Waals surface area contributed by atoms with Crippen molar-refractivity contribution < 1.29 is 0 Å². The van der Waals surface area contributed by atoms with E-state index in [2.05, 4.69) is 79.2 Å². The lowest BCUT2D eigenvalue weighted by molar-refractivity contribution is 1.59. The molecule has 0 aliphatic carbocycles. The molecule has 2 aromatic carbocycles. The van der Waals surface area contributed by atoms with Crippen molar-refractivity contribution in [2.75, 3.05) is 22.2 Å². The van der Waals surface area contributed by atoms with Crippen LogP contribution < -0.4 is 0 Å². The molecule has 0 aliphatic heterocycles. The van der Waals surface area contributed by atoms with Crippen LogP contribution in [0.5, 0.6) is 0 Å². The van der Waals surface area contributed by atoms with Gasteiger partial charge in [-0.3, -0.25) is 0 Å². The maximum atomic E-state index is 3.30. The van der Waals surface area contributed by atoms with Gasteiger partial charge in [-0.2, -0.15) is 0 Å². The van der Waals surface area contributed by atoms with Gasteiger partial charge < -0.3 is 0 Å². The average molecular weight is 496 g/mol. The molecule has 3 heteroatoms. The Balaban J connectivity index is 1.82. The minimum Gasteiger partial charge on any atom is -0.136 e. The molecule has 0 aliphatic rings. The van der Waals surface area contributed by atoms with Gasteiger partial charge in [-0.15, -0.1) is 11.8 Å². The molecule has 132 valence electrons. The van der Waals surface area contributed by atoms with E-state index in [1.165, 1.54) is 0 Å². The molecule has 0 unspecified atom stereocenters. The molecule has 0 N–H and O–H groups in total. The SMILES string of the molecule is BrCC#Cc1cccc(C#CCSCC#Cc2cccc(C#CCBr)c2)c1. The van der Waals surface area contributed by atoms with Gasteiger partial charge >= 0.3 is 0 Å². The average Bonchev–Trinajstić information content (AvgIpc) is 2.70. The summed E-state index contributed by atoms with van der Waals surface area (Å²) in [6.45, 7) is 0. The Labute approximate surface area is 183 Å². The summed E-state index contributed by atoms with van der Waals surface area (Å²) in [5.74, 6) is 26.4. The van der Waals surface area contributed by atoms with Crippen molar-refractivity contribution in [3.8, 4) is 47.4 Å². The summed E-state index contributed by atoms with van der Waals surface area (Å²) in [6.07, 6.45) is 0. The molecule has 0 aromatic heterocycles. The van der Waals surface area contributed by atoms with Crippen molar-refractivity contribution >= 4 is 43.6 Å². The van der Waals surface area contributed by atoms with Crippen LogP contribution in [0.2, 0.25) is 0 Å². The smallest absolute Gasteiger partial charge is 0.0649 e.